The lowest BCUT2D eigenvalue weighted by molar-refractivity contribution is 0.101. The Morgan fingerprint density at radius 1 is 1.32 bits per heavy atom. The smallest absolute Gasteiger partial charge is 0.238 e. The molecule has 0 bridgehead atoms. The molecule has 19 heavy (non-hydrogen) atoms. The van der Waals surface area contributed by atoms with Crippen molar-refractivity contribution in [1.82, 2.24) is 0 Å². The van der Waals surface area contributed by atoms with Crippen molar-refractivity contribution in [3.63, 3.8) is 0 Å². The van der Waals surface area contributed by atoms with Crippen molar-refractivity contribution >= 4 is 11.9 Å². The van der Waals surface area contributed by atoms with Crippen molar-refractivity contribution in [2.24, 2.45) is 0 Å². The van der Waals surface area contributed by atoms with Crippen molar-refractivity contribution in [3.8, 4) is 6.07 Å². The Balaban J connectivity index is 2.28. The van der Waals surface area contributed by atoms with Gasteiger partial charge in [-0.1, -0.05) is 31.2 Å². The molecule has 0 N–H and O–H groups in total. The maximum atomic E-state index is 12.0. The van der Waals surface area contributed by atoms with Gasteiger partial charge >= 0.3 is 0 Å². The quantitative estimate of drug-likeness (QED) is 0.473. The zero-order valence-corrected chi connectivity index (χ0v) is 10.6. The van der Waals surface area contributed by atoms with Crippen molar-refractivity contribution in [1.29, 1.82) is 5.26 Å². The second kappa shape index (κ2) is 5.83. The van der Waals surface area contributed by atoms with Gasteiger partial charge < -0.3 is 4.42 Å². The van der Waals surface area contributed by atoms with E-state index in [0.29, 0.717) is 0 Å². The van der Waals surface area contributed by atoms with Gasteiger partial charge in [-0.25, -0.2) is 0 Å². The van der Waals surface area contributed by atoms with Gasteiger partial charge in [0, 0.05) is 0 Å². The number of furan rings is 1. The van der Waals surface area contributed by atoms with Crippen LogP contribution in [0, 0.1) is 11.3 Å². The van der Waals surface area contributed by atoms with E-state index in [1.165, 1.54) is 11.8 Å². The molecule has 3 heteroatoms. The van der Waals surface area contributed by atoms with Crippen molar-refractivity contribution in [2.75, 3.05) is 0 Å². The largest absolute Gasteiger partial charge is 0.461 e. The van der Waals surface area contributed by atoms with E-state index in [9.17, 15) is 4.79 Å². The molecule has 2 aromatic rings. The summed E-state index contributed by atoms with van der Waals surface area (Å²) in [6, 6.07) is 12.8. The first-order valence-electron chi connectivity index (χ1n) is 6.03. The summed E-state index contributed by atoms with van der Waals surface area (Å²) in [6.45, 7) is 2.08. The zero-order valence-electron chi connectivity index (χ0n) is 10.6. The Kier molecular flexibility index (Phi) is 3.94. The molecule has 0 atom stereocenters. The number of aryl methyl sites for hydroxylation is 1. The Labute approximate surface area is 111 Å². The lowest BCUT2D eigenvalue weighted by atomic mass is 10.0. The van der Waals surface area contributed by atoms with Gasteiger partial charge in [0.2, 0.25) is 5.78 Å². The lowest BCUT2D eigenvalue weighted by Gasteiger charge is -1.99. The highest BCUT2D eigenvalue weighted by atomic mass is 16.3. The summed E-state index contributed by atoms with van der Waals surface area (Å²) in [5, 5.41) is 9.08. The number of hydrogen-bond acceptors (Lipinski definition) is 3. The molecule has 0 unspecified atom stereocenters. The van der Waals surface area contributed by atoms with Gasteiger partial charge in [0.15, 0.2) is 5.76 Å². The number of carbonyl (C=O) groups excluding carboxylic acids is 1. The van der Waals surface area contributed by atoms with E-state index in [2.05, 4.69) is 6.92 Å². The topological polar surface area (TPSA) is 54.0 Å². The van der Waals surface area contributed by atoms with Gasteiger partial charge in [-0.2, -0.15) is 5.26 Å². The molecular weight excluding hydrogens is 238 g/mol. The van der Waals surface area contributed by atoms with Gasteiger partial charge in [-0.3, -0.25) is 4.79 Å². The van der Waals surface area contributed by atoms with E-state index in [4.69, 9.17) is 9.68 Å². The molecule has 0 saturated heterocycles. The van der Waals surface area contributed by atoms with E-state index in [0.717, 1.165) is 12.0 Å². The van der Waals surface area contributed by atoms with Gasteiger partial charge in [0.1, 0.15) is 11.6 Å². The third-order valence-electron chi connectivity index (χ3n) is 2.81. The number of nitrogens with zero attached hydrogens (tertiary/aromatic N) is 1. The zero-order chi connectivity index (χ0) is 13.7. The highest BCUT2D eigenvalue weighted by Crippen LogP contribution is 2.14. The minimum absolute atomic E-state index is 0.0687. The molecule has 0 radical (unpaired) electrons. The summed E-state index contributed by atoms with van der Waals surface area (Å²) in [6.07, 6.45) is 3.95. The van der Waals surface area contributed by atoms with Gasteiger partial charge in [0.25, 0.3) is 0 Å². The highest BCUT2D eigenvalue weighted by Gasteiger charge is 2.14. The van der Waals surface area contributed by atoms with E-state index >= 15 is 0 Å². The average molecular weight is 251 g/mol. The molecule has 0 aliphatic carbocycles. The molecule has 2 rings (SSSR count). The van der Waals surface area contributed by atoms with Gasteiger partial charge in [-0.05, 0) is 35.8 Å². The molecule has 1 aromatic heterocycles. The van der Waals surface area contributed by atoms with Crippen LogP contribution in [-0.4, -0.2) is 5.78 Å². The average Bonchev–Trinajstić information content (AvgIpc) is 2.99. The van der Waals surface area contributed by atoms with Crippen LogP contribution in [0.25, 0.3) is 6.08 Å². The molecule has 0 amide bonds. The Hall–Kier alpha value is -2.60. The number of hydrogen-bond donors (Lipinski definition) is 0. The molecule has 1 heterocycles. The predicted molar refractivity (Wildman–Crippen MR) is 72.4 cm³/mol. The van der Waals surface area contributed by atoms with Crippen LogP contribution < -0.4 is 0 Å². The van der Waals surface area contributed by atoms with Crippen molar-refractivity contribution < 1.29 is 9.21 Å². The Bertz CT molecular complexity index is 628. The first kappa shape index (κ1) is 12.8. The van der Waals surface area contributed by atoms with Crippen LogP contribution in [0.4, 0.5) is 0 Å². The van der Waals surface area contributed by atoms with Gasteiger partial charge in [0.05, 0.1) is 6.26 Å². The fourth-order valence-corrected chi connectivity index (χ4v) is 1.71. The van der Waals surface area contributed by atoms with E-state index < -0.39 is 5.78 Å². The molecule has 0 saturated carbocycles. The monoisotopic (exact) mass is 251 g/mol. The number of benzene rings is 1. The second-order valence-corrected chi connectivity index (χ2v) is 4.07. The summed E-state index contributed by atoms with van der Waals surface area (Å²) in [5.41, 5.74) is 2.11. The number of nitriles is 1. The summed E-state index contributed by atoms with van der Waals surface area (Å²) in [4.78, 5) is 12.0. The minimum atomic E-state index is -0.396. The second-order valence-electron chi connectivity index (χ2n) is 4.07. The Morgan fingerprint density at radius 3 is 2.58 bits per heavy atom. The molecular formula is C16H13NO2. The normalized spacial score (nSPS) is 11.1. The van der Waals surface area contributed by atoms with Crippen LogP contribution >= 0.6 is 0 Å². The molecule has 0 aliphatic heterocycles. The first-order valence-corrected chi connectivity index (χ1v) is 6.03. The molecule has 94 valence electrons. The van der Waals surface area contributed by atoms with Crippen LogP contribution in [0.3, 0.4) is 0 Å². The lowest BCUT2D eigenvalue weighted by Crippen LogP contribution is -1.99. The van der Waals surface area contributed by atoms with Gasteiger partial charge in [-0.15, -0.1) is 0 Å². The standard InChI is InChI=1S/C16H13NO2/c1-2-12-5-7-13(8-6-12)10-14(11-17)16(18)15-4-3-9-19-15/h3-10H,2H2,1H3/b14-10+. The number of Topliss-reactive ketones (excluding diaryl/α,β-unsaturated/α-hetero) is 1. The number of ketones is 1. The number of carbonyl (C=O) groups is 1. The fourth-order valence-electron chi connectivity index (χ4n) is 1.71. The SMILES string of the molecule is CCc1ccc(/C=C(\C#N)C(=O)c2ccco2)cc1. The molecule has 0 spiro atoms. The van der Waals surface area contributed by atoms with Crippen LogP contribution in [0.15, 0.2) is 52.7 Å². The maximum Gasteiger partial charge on any atom is 0.238 e. The summed E-state index contributed by atoms with van der Waals surface area (Å²) in [7, 11) is 0. The summed E-state index contributed by atoms with van der Waals surface area (Å²) < 4.78 is 5.01. The molecule has 3 nitrogen and oxygen atoms in total. The number of allylic oxidation sites excluding steroid dienone is 1. The highest BCUT2D eigenvalue weighted by molar-refractivity contribution is 6.12. The first-order chi connectivity index (χ1) is 9.24. The predicted octanol–water partition coefficient (Wildman–Crippen LogP) is 3.63. The molecule has 0 fully saturated rings. The maximum absolute atomic E-state index is 12.0. The molecule has 0 aliphatic rings. The third-order valence-corrected chi connectivity index (χ3v) is 2.81. The van der Waals surface area contributed by atoms with E-state index in [1.54, 1.807) is 18.2 Å². The minimum Gasteiger partial charge on any atom is -0.461 e. The van der Waals surface area contributed by atoms with Crippen LogP contribution in [0.1, 0.15) is 28.6 Å². The third kappa shape index (κ3) is 2.99. The van der Waals surface area contributed by atoms with Crippen LogP contribution in [0.5, 0.6) is 0 Å². The van der Waals surface area contributed by atoms with E-state index in [-0.39, 0.29) is 11.3 Å². The summed E-state index contributed by atoms with van der Waals surface area (Å²) >= 11 is 0. The number of rotatable bonds is 4. The van der Waals surface area contributed by atoms with Crippen molar-refractivity contribution in [3.05, 3.63) is 65.1 Å². The fraction of sp³-hybridized carbons (Fsp3) is 0.125. The van der Waals surface area contributed by atoms with Crippen molar-refractivity contribution in [2.45, 2.75) is 13.3 Å². The van der Waals surface area contributed by atoms with Crippen LogP contribution in [0.2, 0.25) is 0 Å². The molecule has 1 aromatic carbocycles. The Morgan fingerprint density at radius 2 is 2.05 bits per heavy atom. The summed E-state index contributed by atoms with van der Waals surface area (Å²) in [5.74, 6) is -0.218. The van der Waals surface area contributed by atoms with E-state index in [1.807, 2.05) is 30.3 Å². The van der Waals surface area contributed by atoms with Crippen LogP contribution in [-0.2, 0) is 6.42 Å².